The highest BCUT2D eigenvalue weighted by atomic mass is 16.2. The van der Waals surface area contributed by atoms with E-state index < -0.39 is 5.69 Å². The van der Waals surface area contributed by atoms with Gasteiger partial charge in [0.2, 0.25) is 0 Å². The Labute approximate surface area is 77.6 Å². The maximum absolute atomic E-state index is 11.3. The summed E-state index contributed by atoms with van der Waals surface area (Å²) < 4.78 is 1.17. The minimum Gasteiger partial charge on any atom is -0.311 e. The van der Waals surface area contributed by atoms with Gasteiger partial charge in [0.05, 0.1) is 12.9 Å². The Morgan fingerprint density at radius 3 is 3.07 bits per heavy atom. The van der Waals surface area contributed by atoms with E-state index in [9.17, 15) is 9.59 Å². The van der Waals surface area contributed by atoms with Crippen molar-refractivity contribution in [3.63, 3.8) is 0 Å². The van der Waals surface area contributed by atoms with Crippen LogP contribution < -0.4 is 11.2 Å². The molecular weight excluding hydrogens is 184 g/mol. The van der Waals surface area contributed by atoms with Crippen LogP contribution in [0.1, 0.15) is 0 Å². The van der Waals surface area contributed by atoms with Gasteiger partial charge in [-0.25, -0.2) is 9.78 Å². The zero-order valence-corrected chi connectivity index (χ0v) is 7.07. The highest BCUT2D eigenvalue weighted by Crippen LogP contribution is 1.97. The largest absolute Gasteiger partial charge is 0.328 e. The van der Waals surface area contributed by atoms with E-state index in [2.05, 4.69) is 20.9 Å². The fourth-order valence-electron chi connectivity index (χ4n) is 1.25. The summed E-state index contributed by atoms with van der Waals surface area (Å²) in [6, 6.07) is 0. The third-order valence-corrected chi connectivity index (χ3v) is 1.82. The van der Waals surface area contributed by atoms with E-state index >= 15 is 0 Å². The molecule has 0 saturated carbocycles. The average Bonchev–Trinajstić information content (AvgIpc) is 2.45. The number of nitrogens with zero attached hydrogens (tertiary/aromatic N) is 2. The monoisotopic (exact) mass is 190 g/mol. The van der Waals surface area contributed by atoms with E-state index in [1.54, 1.807) is 0 Å². The van der Waals surface area contributed by atoms with Crippen molar-refractivity contribution in [2.75, 3.05) is 0 Å². The summed E-state index contributed by atoms with van der Waals surface area (Å²) in [5.41, 5.74) is -0.393. The van der Waals surface area contributed by atoms with Crippen molar-refractivity contribution in [2.24, 2.45) is 0 Å². The molecule has 2 aromatic heterocycles. The maximum Gasteiger partial charge on any atom is 0.328 e. The molecule has 0 fully saturated rings. The quantitative estimate of drug-likeness (QED) is 0.568. The van der Waals surface area contributed by atoms with Crippen LogP contribution in [0.15, 0.2) is 15.9 Å². The molecule has 0 aliphatic rings. The highest BCUT2D eigenvalue weighted by Gasteiger charge is 2.09. The van der Waals surface area contributed by atoms with E-state index in [4.69, 9.17) is 6.42 Å². The first-order valence-corrected chi connectivity index (χ1v) is 3.83. The lowest BCUT2D eigenvalue weighted by Crippen LogP contribution is -2.19. The molecule has 6 nitrogen and oxygen atoms in total. The van der Waals surface area contributed by atoms with Gasteiger partial charge in [-0.3, -0.25) is 14.3 Å². The van der Waals surface area contributed by atoms with E-state index in [1.165, 1.54) is 10.9 Å². The van der Waals surface area contributed by atoms with Gasteiger partial charge in [-0.05, 0) is 0 Å². The van der Waals surface area contributed by atoms with Crippen molar-refractivity contribution in [1.82, 2.24) is 19.5 Å². The summed E-state index contributed by atoms with van der Waals surface area (Å²) in [7, 11) is 0. The summed E-state index contributed by atoms with van der Waals surface area (Å²) in [4.78, 5) is 31.3. The van der Waals surface area contributed by atoms with Gasteiger partial charge in [-0.1, -0.05) is 5.92 Å². The Morgan fingerprint density at radius 1 is 1.57 bits per heavy atom. The second kappa shape index (κ2) is 2.88. The Morgan fingerprint density at radius 2 is 2.36 bits per heavy atom. The summed E-state index contributed by atoms with van der Waals surface area (Å²) in [5, 5.41) is 0. The lowest BCUT2D eigenvalue weighted by molar-refractivity contribution is 0.821. The molecule has 0 amide bonds. The van der Waals surface area contributed by atoms with Gasteiger partial charge in [-0.15, -0.1) is 6.42 Å². The number of fused-ring (bicyclic) bond motifs is 1. The third kappa shape index (κ3) is 1.03. The number of hydrogen-bond donors (Lipinski definition) is 2. The molecule has 2 rings (SSSR count). The molecule has 0 spiro atoms. The standard InChI is InChI=1S/C8H6N4O2/c1-2-3-12-5-6(11-8(12)14)9-4-10-7(5)13/h1,4H,3H2,(H2,9,10,11,13,14). The number of rotatable bonds is 1. The summed E-state index contributed by atoms with van der Waals surface area (Å²) in [5.74, 6) is 2.29. The minimum atomic E-state index is -0.429. The molecule has 0 saturated heterocycles. The third-order valence-electron chi connectivity index (χ3n) is 1.82. The van der Waals surface area contributed by atoms with Gasteiger partial charge in [-0.2, -0.15) is 0 Å². The molecule has 14 heavy (non-hydrogen) atoms. The molecule has 0 aromatic carbocycles. The van der Waals surface area contributed by atoms with Crippen molar-refractivity contribution in [3.05, 3.63) is 27.2 Å². The van der Waals surface area contributed by atoms with Crippen LogP contribution in [0.3, 0.4) is 0 Å². The number of H-pyrrole nitrogens is 2. The van der Waals surface area contributed by atoms with E-state index in [0.717, 1.165) is 0 Å². The van der Waals surface area contributed by atoms with Crippen LogP contribution in [0.4, 0.5) is 0 Å². The lowest BCUT2D eigenvalue weighted by atomic mass is 10.5. The van der Waals surface area contributed by atoms with E-state index in [1.807, 2.05) is 0 Å². The van der Waals surface area contributed by atoms with Crippen LogP contribution in [0.5, 0.6) is 0 Å². The summed E-state index contributed by atoms with van der Waals surface area (Å²) in [6.07, 6.45) is 6.30. The molecule has 2 N–H and O–H groups in total. The van der Waals surface area contributed by atoms with Gasteiger partial charge in [0, 0.05) is 0 Å². The molecule has 0 unspecified atom stereocenters. The predicted molar refractivity (Wildman–Crippen MR) is 49.8 cm³/mol. The molecule has 70 valence electrons. The number of hydrogen-bond acceptors (Lipinski definition) is 3. The molecule has 6 heteroatoms. The highest BCUT2D eigenvalue weighted by molar-refractivity contribution is 5.68. The lowest BCUT2D eigenvalue weighted by Gasteiger charge is -1.93. The molecular formula is C8H6N4O2. The Bertz CT molecular complexity index is 625. The minimum absolute atomic E-state index is 0.0492. The number of terminal acetylenes is 1. The number of aromatic amines is 2. The van der Waals surface area contributed by atoms with Crippen molar-refractivity contribution in [3.8, 4) is 12.3 Å². The van der Waals surface area contributed by atoms with Crippen molar-refractivity contribution in [2.45, 2.75) is 6.54 Å². The SMILES string of the molecule is C#CCn1c(=O)[nH]c2nc[nH]c(=O)c21. The first kappa shape index (κ1) is 8.31. The van der Waals surface area contributed by atoms with Crippen LogP contribution in [0, 0.1) is 12.3 Å². The molecule has 2 aromatic rings. The second-order valence-electron chi connectivity index (χ2n) is 2.65. The second-order valence-corrected chi connectivity index (χ2v) is 2.65. The number of nitrogens with one attached hydrogen (secondary N) is 2. The molecule has 0 aliphatic heterocycles. The van der Waals surface area contributed by atoms with Crippen LogP contribution in [0.2, 0.25) is 0 Å². The zero-order chi connectivity index (χ0) is 10.1. The van der Waals surface area contributed by atoms with Crippen molar-refractivity contribution in [1.29, 1.82) is 0 Å². The van der Waals surface area contributed by atoms with Gasteiger partial charge in [0.1, 0.15) is 0 Å². The van der Waals surface area contributed by atoms with Gasteiger partial charge >= 0.3 is 5.69 Å². The van der Waals surface area contributed by atoms with Gasteiger partial charge in [0.15, 0.2) is 11.2 Å². The molecule has 0 bridgehead atoms. The fourth-order valence-corrected chi connectivity index (χ4v) is 1.25. The molecule has 0 atom stereocenters. The van der Waals surface area contributed by atoms with Gasteiger partial charge < -0.3 is 4.98 Å². The van der Waals surface area contributed by atoms with E-state index in [0.29, 0.717) is 0 Å². The first-order chi connectivity index (χ1) is 6.74. The Hall–Kier alpha value is -2.29. The smallest absolute Gasteiger partial charge is 0.311 e. The first-order valence-electron chi connectivity index (χ1n) is 3.83. The summed E-state index contributed by atoms with van der Waals surface area (Å²) in [6.45, 7) is 0.0492. The van der Waals surface area contributed by atoms with Crippen LogP contribution in [-0.4, -0.2) is 19.5 Å². The van der Waals surface area contributed by atoms with Crippen LogP contribution in [0.25, 0.3) is 11.2 Å². The maximum atomic E-state index is 11.3. The average molecular weight is 190 g/mol. The fraction of sp³-hybridized carbons (Fsp3) is 0.125. The van der Waals surface area contributed by atoms with Crippen LogP contribution >= 0.6 is 0 Å². The molecule has 0 aliphatic carbocycles. The van der Waals surface area contributed by atoms with Gasteiger partial charge in [0.25, 0.3) is 5.56 Å². The zero-order valence-electron chi connectivity index (χ0n) is 7.07. The normalized spacial score (nSPS) is 10.2. The number of imidazole rings is 1. The Balaban J connectivity index is 2.95. The molecule has 2 heterocycles. The Kier molecular flexibility index (Phi) is 1.71. The van der Waals surface area contributed by atoms with Crippen LogP contribution in [-0.2, 0) is 6.54 Å². The van der Waals surface area contributed by atoms with Crippen molar-refractivity contribution >= 4 is 11.2 Å². The van der Waals surface area contributed by atoms with E-state index in [-0.39, 0.29) is 23.3 Å². The van der Waals surface area contributed by atoms with Crippen molar-refractivity contribution < 1.29 is 0 Å². The number of aromatic nitrogens is 4. The predicted octanol–water partition coefficient (Wildman–Crippen LogP) is -0.954. The summed E-state index contributed by atoms with van der Waals surface area (Å²) >= 11 is 0. The molecule has 0 radical (unpaired) electrons. The topological polar surface area (TPSA) is 83.5 Å².